The molecule has 1 aromatic heterocycles. The van der Waals surface area contributed by atoms with Crippen LogP contribution in [0.1, 0.15) is 16.1 Å². The van der Waals surface area contributed by atoms with E-state index in [0.29, 0.717) is 0 Å². The Balaban J connectivity index is 2.10. The lowest BCUT2D eigenvalue weighted by Gasteiger charge is -2.09. The van der Waals surface area contributed by atoms with Crippen molar-refractivity contribution in [2.75, 3.05) is 13.7 Å². The van der Waals surface area contributed by atoms with Crippen LogP contribution < -0.4 is 9.61 Å². The van der Waals surface area contributed by atoms with Gasteiger partial charge in [-0.25, -0.2) is 4.79 Å². The first kappa shape index (κ1) is 16.7. The summed E-state index contributed by atoms with van der Waals surface area (Å²) in [4.78, 5) is 33.7. The monoisotopic (exact) mass is 338 g/mol. The molecule has 23 heavy (non-hydrogen) atoms. The van der Waals surface area contributed by atoms with Crippen LogP contribution in [0, 0.1) is 17.0 Å². The van der Waals surface area contributed by atoms with Crippen molar-refractivity contribution >= 4 is 23.0 Å². The van der Waals surface area contributed by atoms with Crippen LogP contribution in [0.5, 0.6) is 5.75 Å². The van der Waals surface area contributed by atoms with Crippen LogP contribution in [-0.2, 0) is 11.3 Å². The molecule has 0 amide bonds. The third-order valence-corrected chi connectivity index (χ3v) is 4.02. The zero-order valence-electron chi connectivity index (χ0n) is 12.5. The lowest BCUT2D eigenvalue weighted by atomic mass is 10.2. The smallest absolute Gasteiger partial charge is 0.342 e. The standard InChI is InChI=1S/C14H14N2O6S/c1-9-8-23-14(18)15(9)5-6-22-13(17)11-7-10(16(19)20)3-4-12(11)21-2/h3-4,7-8H,5-6H2,1-2H3. The summed E-state index contributed by atoms with van der Waals surface area (Å²) in [5, 5.41) is 12.5. The predicted molar refractivity (Wildman–Crippen MR) is 83.2 cm³/mol. The van der Waals surface area contributed by atoms with Crippen LogP contribution in [-0.4, -0.2) is 29.2 Å². The lowest BCUT2D eigenvalue weighted by molar-refractivity contribution is -0.384. The molecule has 1 heterocycles. The fraction of sp³-hybridized carbons (Fsp3) is 0.286. The number of hydrogen-bond donors (Lipinski definition) is 0. The van der Waals surface area contributed by atoms with Crippen molar-refractivity contribution in [3.63, 3.8) is 0 Å². The van der Waals surface area contributed by atoms with Gasteiger partial charge in [0.25, 0.3) is 5.69 Å². The molecule has 2 aromatic rings. The highest BCUT2D eigenvalue weighted by Gasteiger charge is 2.18. The zero-order chi connectivity index (χ0) is 17.0. The first-order valence-electron chi connectivity index (χ1n) is 6.58. The van der Waals surface area contributed by atoms with Gasteiger partial charge in [-0.05, 0) is 13.0 Å². The largest absolute Gasteiger partial charge is 0.496 e. The molecule has 0 aliphatic rings. The summed E-state index contributed by atoms with van der Waals surface area (Å²) in [6.45, 7) is 1.97. The first-order valence-corrected chi connectivity index (χ1v) is 7.46. The Kier molecular flexibility index (Phi) is 5.12. The van der Waals surface area contributed by atoms with Crippen molar-refractivity contribution in [3.8, 4) is 5.75 Å². The van der Waals surface area contributed by atoms with Crippen LogP contribution in [0.4, 0.5) is 5.69 Å². The molecule has 0 unspecified atom stereocenters. The van der Waals surface area contributed by atoms with Crippen molar-refractivity contribution in [2.24, 2.45) is 0 Å². The van der Waals surface area contributed by atoms with Gasteiger partial charge in [-0.3, -0.25) is 19.5 Å². The first-order chi connectivity index (χ1) is 10.9. The number of methoxy groups -OCH3 is 1. The number of nitrogens with zero attached hydrogens (tertiary/aromatic N) is 2. The van der Waals surface area contributed by atoms with Gasteiger partial charge < -0.3 is 9.47 Å². The number of hydrogen-bond acceptors (Lipinski definition) is 7. The molecule has 0 aliphatic heterocycles. The summed E-state index contributed by atoms with van der Waals surface area (Å²) in [5.41, 5.74) is 0.516. The van der Waals surface area contributed by atoms with Crippen LogP contribution in [0.2, 0.25) is 0 Å². The molecule has 0 saturated heterocycles. The number of nitro groups is 1. The van der Waals surface area contributed by atoms with Gasteiger partial charge in [-0.15, -0.1) is 0 Å². The van der Waals surface area contributed by atoms with E-state index in [2.05, 4.69) is 0 Å². The van der Waals surface area contributed by atoms with Crippen molar-refractivity contribution < 1.29 is 19.2 Å². The van der Waals surface area contributed by atoms with E-state index in [4.69, 9.17) is 9.47 Å². The zero-order valence-corrected chi connectivity index (χ0v) is 13.3. The van der Waals surface area contributed by atoms with Crippen molar-refractivity contribution in [1.82, 2.24) is 4.57 Å². The summed E-state index contributed by atoms with van der Waals surface area (Å²) in [7, 11) is 1.35. The van der Waals surface area contributed by atoms with E-state index in [0.717, 1.165) is 23.1 Å². The highest BCUT2D eigenvalue weighted by Crippen LogP contribution is 2.24. The third-order valence-electron chi connectivity index (χ3n) is 3.14. The number of rotatable bonds is 6. The van der Waals surface area contributed by atoms with Gasteiger partial charge in [0.2, 0.25) is 0 Å². The highest BCUT2D eigenvalue weighted by molar-refractivity contribution is 7.07. The van der Waals surface area contributed by atoms with E-state index >= 15 is 0 Å². The van der Waals surface area contributed by atoms with Crippen molar-refractivity contribution in [2.45, 2.75) is 13.5 Å². The average molecular weight is 338 g/mol. The topological polar surface area (TPSA) is 101 Å². The van der Waals surface area contributed by atoms with Crippen LogP contribution in [0.15, 0.2) is 28.4 Å². The lowest BCUT2D eigenvalue weighted by Crippen LogP contribution is -2.19. The Morgan fingerprint density at radius 2 is 2.17 bits per heavy atom. The molecule has 0 fully saturated rings. The summed E-state index contributed by atoms with van der Waals surface area (Å²) >= 11 is 1.07. The van der Waals surface area contributed by atoms with Crippen LogP contribution in [0.3, 0.4) is 0 Å². The summed E-state index contributed by atoms with van der Waals surface area (Å²) < 4.78 is 11.6. The molecule has 2 rings (SSSR count). The van der Waals surface area contributed by atoms with Crippen LogP contribution in [0.25, 0.3) is 0 Å². The Hall–Kier alpha value is -2.68. The minimum absolute atomic E-state index is 0.0256. The molecular formula is C14H14N2O6S. The predicted octanol–water partition coefficient (Wildman–Crippen LogP) is 1.99. The molecule has 122 valence electrons. The number of esters is 1. The van der Waals surface area contributed by atoms with E-state index < -0.39 is 10.9 Å². The summed E-state index contributed by atoms with van der Waals surface area (Å²) in [5.74, 6) is -0.559. The van der Waals surface area contributed by atoms with Crippen molar-refractivity contribution in [1.29, 1.82) is 0 Å². The number of aromatic nitrogens is 1. The Labute approximate surface area is 135 Å². The SMILES string of the molecule is COc1ccc([N+](=O)[O-])cc1C(=O)OCCn1c(C)csc1=O. The molecule has 0 atom stereocenters. The Morgan fingerprint density at radius 1 is 1.43 bits per heavy atom. The molecule has 8 nitrogen and oxygen atoms in total. The van der Waals surface area contributed by atoms with Crippen LogP contribution >= 0.6 is 11.3 Å². The molecular weight excluding hydrogens is 324 g/mol. The molecule has 0 N–H and O–H groups in total. The second-order valence-electron chi connectivity index (χ2n) is 4.57. The molecule has 9 heteroatoms. The number of thiazole rings is 1. The van der Waals surface area contributed by atoms with Gasteiger partial charge in [0.1, 0.15) is 17.9 Å². The van der Waals surface area contributed by atoms with E-state index in [-0.39, 0.29) is 35.0 Å². The number of nitro benzene ring substituents is 1. The number of ether oxygens (including phenoxy) is 2. The number of non-ortho nitro benzene ring substituents is 1. The molecule has 0 spiro atoms. The fourth-order valence-electron chi connectivity index (χ4n) is 1.95. The number of benzene rings is 1. The molecule has 0 radical (unpaired) electrons. The number of aryl methyl sites for hydroxylation is 1. The number of carbonyl (C=O) groups is 1. The van der Waals surface area contributed by atoms with Gasteiger partial charge >= 0.3 is 10.8 Å². The minimum atomic E-state index is -0.744. The van der Waals surface area contributed by atoms with Gasteiger partial charge in [-0.2, -0.15) is 0 Å². The molecule has 0 saturated carbocycles. The average Bonchev–Trinajstić information content (AvgIpc) is 2.85. The molecule has 0 bridgehead atoms. The maximum Gasteiger partial charge on any atom is 0.342 e. The van der Waals surface area contributed by atoms with Gasteiger partial charge in [0.15, 0.2) is 0 Å². The van der Waals surface area contributed by atoms with Gasteiger partial charge in [0, 0.05) is 23.2 Å². The molecule has 0 aliphatic carbocycles. The second kappa shape index (κ2) is 7.05. The Bertz CT molecular complexity index is 795. The van der Waals surface area contributed by atoms with E-state index in [1.54, 1.807) is 12.3 Å². The summed E-state index contributed by atoms with van der Waals surface area (Å²) in [6, 6.07) is 3.68. The number of carbonyl (C=O) groups excluding carboxylic acids is 1. The summed E-state index contributed by atoms with van der Waals surface area (Å²) in [6.07, 6.45) is 0. The van der Waals surface area contributed by atoms with E-state index in [1.165, 1.54) is 23.8 Å². The third kappa shape index (κ3) is 3.75. The minimum Gasteiger partial charge on any atom is -0.496 e. The van der Waals surface area contributed by atoms with Gasteiger partial charge in [-0.1, -0.05) is 11.3 Å². The second-order valence-corrected chi connectivity index (χ2v) is 5.39. The van der Waals surface area contributed by atoms with Gasteiger partial charge in [0.05, 0.1) is 18.6 Å². The quantitative estimate of drug-likeness (QED) is 0.453. The fourth-order valence-corrected chi connectivity index (χ4v) is 2.71. The highest BCUT2D eigenvalue weighted by atomic mass is 32.1. The Morgan fingerprint density at radius 3 is 2.74 bits per heavy atom. The van der Waals surface area contributed by atoms with E-state index in [1.807, 2.05) is 0 Å². The maximum absolute atomic E-state index is 12.1. The van der Waals surface area contributed by atoms with E-state index in [9.17, 15) is 19.7 Å². The van der Waals surface area contributed by atoms with Crippen molar-refractivity contribution in [3.05, 3.63) is 54.6 Å². The maximum atomic E-state index is 12.1. The molecule has 1 aromatic carbocycles. The normalized spacial score (nSPS) is 10.3.